The highest BCUT2D eigenvalue weighted by molar-refractivity contribution is 7.91. The number of carbonyl (C=O) groups excluding carboxylic acids is 5. The molecule has 4 fully saturated rings. The molecule has 0 spiro atoms. The molecule has 5 N–H and O–H groups in total. The van der Waals surface area contributed by atoms with Crippen molar-refractivity contribution in [2.75, 3.05) is 12.3 Å². The number of carbonyl (C=O) groups is 5. The number of fused-ring (bicyclic) bond motifs is 1. The van der Waals surface area contributed by atoms with Crippen molar-refractivity contribution in [2.45, 2.75) is 121 Å². The summed E-state index contributed by atoms with van der Waals surface area (Å²) in [7, 11) is -3.57. The third-order valence-corrected chi connectivity index (χ3v) is 13.2. The van der Waals surface area contributed by atoms with E-state index in [4.69, 9.17) is 5.73 Å². The van der Waals surface area contributed by atoms with Crippen molar-refractivity contribution < 1.29 is 32.4 Å². The second-order valence-corrected chi connectivity index (χ2v) is 18.6. The molecule has 5 rings (SSSR count). The lowest BCUT2D eigenvalue weighted by Crippen LogP contribution is -2.63. The van der Waals surface area contributed by atoms with E-state index in [0.29, 0.717) is 25.8 Å². The van der Waals surface area contributed by atoms with Crippen molar-refractivity contribution >= 4 is 39.4 Å². The fraction of sp³-hybridized carbons (Fsp3) is 0.694. The van der Waals surface area contributed by atoms with E-state index in [1.165, 1.54) is 4.90 Å². The summed E-state index contributed by atoms with van der Waals surface area (Å²) in [5, 5.41) is 8.79. The summed E-state index contributed by atoms with van der Waals surface area (Å²) in [5.74, 6) is -2.82. The van der Waals surface area contributed by atoms with Crippen LogP contribution in [0.2, 0.25) is 0 Å². The highest BCUT2D eigenvalue weighted by atomic mass is 32.2. The Labute approximate surface area is 290 Å². The van der Waals surface area contributed by atoms with E-state index in [9.17, 15) is 32.4 Å². The zero-order valence-electron chi connectivity index (χ0n) is 29.4. The number of likely N-dealkylation sites (tertiary alicyclic amines) is 1. The van der Waals surface area contributed by atoms with Crippen LogP contribution < -0.4 is 21.7 Å². The highest BCUT2D eigenvalue weighted by Crippen LogP contribution is 2.65. The quantitative estimate of drug-likeness (QED) is 0.228. The fourth-order valence-corrected chi connectivity index (χ4v) is 9.59. The first-order chi connectivity index (χ1) is 22.9. The lowest BCUT2D eigenvalue weighted by molar-refractivity contribution is -0.145. The number of nitrogens with two attached hydrogens (primary N) is 1. The van der Waals surface area contributed by atoms with Crippen molar-refractivity contribution in [1.82, 2.24) is 20.9 Å². The Morgan fingerprint density at radius 2 is 1.61 bits per heavy atom. The molecule has 0 radical (unpaired) electrons. The number of hydrogen-bond acceptors (Lipinski definition) is 7. The summed E-state index contributed by atoms with van der Waals surface area (Å²) < 4.78 is 26.3. The topological polar surface area (TPSA) is 185 Å². The minimum absolute atomic E-state index is 0.0624. The molecule has 3 aliphatic carbocycles. The summed E-state index contributed by atoms with van der Waals surface area (Å²) in [6.07, 6.45) is 6.31. The van der Waals surface area contributed by atoms with Crippen LogP contribution in [0.5, 0.6) is 0 Å². The molecule has 1 aromatic carbocycles. The van der Waals surface area contributed by atoms with Crippen LogP contribution in [0.4, 0.5) is 4.79 Å². The molecule has 0 bridgehead atoms. The van der Waals surface area contributed by atoms with Gasteiger partial charge in [0, 0.05) is 12.1 Å². The van der Waals surface area contributed by atoms with E-state index in [1.54, 1.807) is 30.3 Å². The molecule has 5 amide bonds. The van der Waals surface area contributed by atoms with Gasteiger partial charge in [0.05, 0.1) is 16.7 Å². The van der Waals surface area contributed by atoms with Crippen molar-refractivity contribution in [1.29, 1.82) is 0 Å². The summed E-state index contributed by atoms with van der Waals surface area (Å²) in [5.41, 5.74) is 3.62. The van der Waals surface area contributed by atoms with Crippen molar-refractivity contribution in [2.24, 2.45) is 34.3 Å². The van der Waals surface area contributed by atoms with Crippen LogP contribution in [0.1, 0.15) is 92.4 Å². The molecular formula is C36H53N5O7S. The van der Waals surface area contributed by atoms with Crippen LogP contribution in [0.3, 0.4) is 0 Å². The minimum atomic E-state index is -3.57. The number of benzene rings is 1. The molecule has 4 aliphatic rings. The number of nitrogens with zero attached hydrogens (tertiary/aromatic N) is 1. The number of urea groups is 1. The Hall–Kier alpha value is -3.48. The van der Waals surface area contributed by atoms with E-state index in [0.717, 1.165) is 32.1 Å². The molecule has 0 aromatic heterocycles. The third kappa shape index (κ3) is 8.13. The van der Waals surface area contributed by atoms with Gasteiger partial charge in [0.2, 0.25) is 17.6 Å². The number of sulfone groups is 1. The zero-order valence-corrected chi connectivity index (χ0v) is 30.2. The third-order valence-electron chi connectivity index (χ3n) is 11.4. The first-order valence-electron chi connectivity index (χ1n) is 17.7. The number of nitrogens with one attached hydrogen (secondary N) is 3. The van der Waals surface area contributed by atoms with E-state index >= 15 is 0 Å². The average molecular weight is 700 g/mol. The van der Waals surface area contributed by atoms with Crippen molar-refractivity contribution in [3.63, 3.8) is 0 Å². The largest absolute Gasteiger partial charge is 0.363 e. The number of primary amides is 1. The normalized spacial score (nSPS) is 25.3. The number of piperidine rings is 1. The first kappa shape index (κ1) is 36.8. The standard InChI is InChI=1S/C36H53N5O7S/c1-34(2,3)29(39-33(46)40-36(16-10-7-11-17-36)18-19-49(47,48)23-12-8-6-9-13-23)32(45)41-21-24-26(35(24,4)5)27(41)31(44)38-25(20-22-14-15-22)28(42)30(37)43/h6,8-9,12-13,22,24-27,29H,7,10-11,14-21H2,1-5H3,(H2,37,43)(H,38,44)(H2,39,40,46)/t24?,25?,26-,27-,29+/m0/s1. The van der Waals surface area contributed by atoms with E-state index in [1.807, 2.05) is 20.8 Å². The molecule has 12 nitrogen and oxygen atoms in total. The van der Waals surface area contributed by atoms with Gasteiger partial charge in [-0.2, -0.15) is 0 Å². The summed E-state index contributed by atoms with van der Waals surface area (Å²) in [6.45, 7) is 9.94. The van der Waals surface area contributed by atoms with Gasteiger partial charge in [-0.3, -0.25) is 19.2 Å². The number of rotatable bonds is 13. The molecule has 13 heteroatoms. The SMILES string of the molecule is CC(C)(C)[C@H](NC(=O)NC1(CCS(=O)(=O)c2ccccc2)CCCCC1)C(=O)N1CC2[C@@H]([C@H]1C(=O)NC(CC1CC1)C(=O)C(N)=O)C2(C)C. The fourth-order valence-electron chi connectivity index (χ4n) is 8.12. The predicted octanol–water partition coefficient (Wildman–Crippen LogP) is 3.09. The van der Waals surface area contributed by atoms with Crippen molar-refractivity contribution in [3.8, 4) is 0 Å². The molecule has 1 heterocycles. The van der Waals surface area contributed by atoms with Gasteiger partial charge >= 0.3 is 6.03 Å². The van der Waals surface area contributed by atoms with Gasteiger partial charge < -0.3 is 26.6 Å². The summed E-state index contributed by atoms with van der Waals surface area (Å²) >= 11 is 0. The maximum atomic E-state index is 14.4. The lowest BCUT2D eigenvalue weighted by atomic mass is 9.79. The minimum Gasteiger partial charge on any atom is -0.363 e. The summed E-state index contributed by atoms with van der Waals surface area (Å²) in [6, 6.07) is 4.78. The van der Waals surface area contributed by atoms with Crippen LogP contribution in [0.15, 0.2) is 35.2 Å². The molecule has 49 heavy (non-hydrogen) atoms. The maximum absolute atomic E-state index is 14.4. The number of hydrogen-bond donors (Lipinski definition) is 4. The molecule has 3 saturated carbocycles. The summed E-state index contributed by atoms with van der Waals surface area (Å²) in [4.78, 5) is 68.3. The monoisotopic (exact) mass is 699 g/mol. The van der Waals surface area contributed by atoms with Crippen LogP contribution in [-0.4, -0.2) is 78.8 Å². The second-order valence-electron chi connectivity index (χ2n) is 16.5. The van der Waals surface area contributed by atoms with Crippen LogP contribution >= 0.6 is 0 Å². The molecule has 1 aromatic rings. The van der Waals surface area contributed by atoms with Crippen LogP contribution in [-0.2, 0) is 29.0 Å². The van der Waals surface area contributed by atoms with E-state index < -0.39 is 68.5 Å². The lowest BCUT2D eigenvalue weighted by Gasteiger charge is -2.41. The average Bonchev–Trinajstić information content (AvgIpc) is 3.89. The molecule has 1 saturated heterocycles. The van der Waals surface area contributed by atoms with E-state index in [-0.39, 0.29) is 40.2 Å². The Morgan fingerprint density at radius 1 is 0.980 bits per heavy atom. The molecular weight excluding hydrogens is 646 g/mol. The van der Waals surface area contributed by atoms with Crippen LogP contribution in [0, 0.1) is 28.6 Å². The molecule has 2 unspecified atom stereocenters. The second kappa shape index (κ2) is 13.7. The van der Waals surface area contributed by atoms with Gasteiger partial charge in [0.1, 0.15) is 12.1 Å². The van der Waals surface area contributed by atoms with Gasteiger partial charge in [-0.1, -0.05) is 84.9 Å². The maximum Gasteiger partial charge on any atom is 0.315 e. The highest BCUT2D eigenvalue weighted by Gasteiger charge is 2.70. The zero-order chi connectivity index (χ0) is 35.9. The van der Waals surface area contributed by atoms with E-state index in [2.05, 4.69) is 29.8 Å². The van der Waals surface area contributed by atoms with Gasteiger partial charge in [0.15, 0.2) is 9.84 Å². The predicted molar refractivity (Wildman–Crippen MR) is 184 cm³/mol. The Balaban J connectivity index is 1.32. The molecule has 5 atom stereocenters. The van der Waals surface area contributed by atoms with Crippen molar-refractivity contribution in [3.05, 3.63) is 30.3 Å². The Kier molecular flexibility index (Phi) is 10.3. The van der Waals surface area contributed by atoms with Gasteiger partial charge in [-0.05, 0) is 66.4 Å². The van der Waals surface area contributed by atoms with Gasteiger partial charge in [0.25, 0.3) is 5.91 Å². The number of amides is 5. The van der Waals surface area contributed by atoms with Crippen LogP contribution in [0.25, 0.3) is 0 Å². The van der Waals surface area contributed by atoms with Gasteiger partial charge in [-0.15, -0.1) is 0 Å². The Morgan fingerprint density at radius 3 is 2.18 bits per heavy atom. The smallest absolute Gasteiger partial charge is 0.315 e. The Bertz CT molecular complexity index is 1560. The first-order valence-corrected chi connectivity index (χ1v) is 19.3. The number of Topliss-reactive ketones (excluding diaryl/α,β-unsaturated/α-hetero) is 1. The van der Waals surface area contributed by atoms with Gasteiger partial charge in [-0.25, -0.2) is 13.2 Å². The molecule has 1 aliphatic heterocycles. The molecule has 270 valence electrons. The number of ketones is 1.